The minimum atomic E-state index is -0.464. The highest BCUT2D eigenvalue weighted by Gasteiger charge is 2.20. The quantitative estimate of drug-likeness (QED) is 0.671. The van der Waals surface area contributed by atoms with E-state index in [1.165, 1.54) is 12.4 Å². The number of anilines is 1. The first-order valence-corrected chi connectivity index (χ1v) is 6.52. The van der Waals surface area contributed by atoms with Crippen LogP contribution in [-0.4, -0.2) is 21.9 Å². The summed E-state index contributed by atoms with van der Waals surface area (Å²) in [4.78, 5) is 18.9. The van der Waals surface area contributed by atoms with E-state index in [2.05, 4.69) is 15.3 Å². The molecule has 0 saturated heterocycles. The van der Waals surface area contributed by atoms with Crippen LogP contribution in [0.1, 0.15) is 18.1 Å². The van der Waals surface area contributed by atoms with Crippen molar-refractivity contribution in [2.45, 2.75) is 20.3 Å². The second-order valence-electron chi connectivity index (χ2n) is 4.39. The van der Waals surface area contributed by atoms with Gasteiger partial charge in [-0.2, -0.15) is 0 Å². The van der Waals surface area contributed by atoms with Crippen molar-refractivity contribution in [2.24, 2.45) is 0 Å². The van der Waals surface area contributed by atoms with Crippen LogP contribution < -0.4 is 10.1 Å². The van der Waals surface area contributed by atoms with Crippen molar-refractivity contribution in [3.05, 3.63) is 45.8 Å². The van der Waals surface area contributed by atoms with Crippen molar-refractivity contribution in [1.82, 2.24) is 9.97 Å². The Morgan fingerprint density at radius 3 is 2.76 bits per heavy atom. The zero-order valence-corrected chi connectivity index (χ0v) is 12.1. The molecule has 0 aliphatic rings. The van der Waals surface area contributed by atoms with Gasteiger partial charge in [0.15, 0.2) is 0 Å². The van der Waals surface area contributed by atoms with E-state index in [0.29, 0.717) is 23.7 Å². The van der Waals surface area contributed by atoms with Crippen LogP contribution in [0.25, 0.3) is 0 Å². The van der Waals surface area contributed by atoms with E-state index in [1.807, 2.05) is 6.92 Å². The van der Waals surface area contributed by atoms with Gasteiger partial charge in [-0.1, -0.05) is 19.1 Å². The normalized spacial score (nSPS) is 10.2. The van der Waals surface area contributed by atoms with Crippen molar-refractivity contribution >= 4 is 11.5 Å². The molecule has 1 heterocycles. The first kappa shape index (κ1) is 14.7. The zero-order chi connectivity index (χ0) is 15.4. The lowest BCUT2D eigenvalue weighted by atomic mass is 10.2. The molecule has 1 aromatic carbocycles. The third kappa shape index (κ3) is 2.91. The van der Waals surface area contributed by atoms with Gasteiger partial charge in [-0.3, -0.25) is 10.1 Å². The second kappa shape index (κ2) is 6.17. The Morgan fingerprint density at radius 1 is 1.38 bits per heavy atom. The minimum Gasteiger partial charge on any atom is -0.431 e. The van der Waals surface area contributed by atoms with Crippen LogP contribution in [0.5, 0.6) is 11.6 Å². The van der Waals surface area contributed by atoms with Gasteiger partial charge in [-0.15, -0.1) is 0 Å². The van der Waals surface area contributed by atoms with Crippen LogP contribution in [0.2, 0.25) is 0 Å². The molecule has 0 fully saturated rings. The fraction of sp³-hybridized carbons (Fsp3) is 0.286. The third-order valence-electron chi connectivity index (χ3n) is 3.08. The summed E-state index contributed by atoms with van der Waals surface area (Å²) in [5.74, 6) is 1.19. The first-order chi connectivity index (χ1) is 10.1. The molecule has 7 heteroatoms. The molecule has 0 spiro atoms. The number of hydrogen-bond donors (Lipinski definition) is 1. The molecule has 7 nitrogen and oxygen atoms in total. The highest BCUT2D eigenvalue weighted by molar-refractivity contribution is 5.55. The summed E-state index contributed by atoms with van der Waals surface area (Å²) < 4.78 is 5.73. The molecular formula is C14H16N4O3. The molecule has 0 radical (unpaired) electrons. The Labute approximate surface area is 122 Å². The zero-order valence-electron chi connectivity index (χ0n) is 12.1. The van der Waals surface area contributed by atoms with Crippen LogP contribution in [0, 0.1) is 17.0 Å². The largest absolute Gasteiger partial charge is 0.431 e. The number of benzene rings is 1. The summed E-state index contributed by atoms with van der Waals surface area (Å²) in [5.41, 5.74) is 1.37. The minimum absolute atomic E-state index is 0.0818. The number of nitro benzene ring substituents is 1. The van der Waals surface area contributed by atoms with Crippen molar-refractivity contribution in [2.75, 3.05) is 12.4 Å². The summed E-state index contributed by atoms with van der Waals surface area (Å²) in [6.45, 7) is 3.70. The lowest BCUT2D eigenvalue weighted by Crippen LogP contribution is -2.04. The topological polar surface area (TPSA) is 90.2 Å². The van der Waals surface area contributed by atoms with E-state index < -0.39 is 4.92 Å². The number of ether oxygens (including phenoxy) is 1. The van der Waals surface area contributed by atoms with E-state index >= 15 is 0 Å². The number of rotatable bonds is 5. The van der Waals surface area contributed by atoms with Gasteiger partial charge < -0.3 is 10.1 Å². The molecule has 21 heavy (non-hydrogen) atoms. The van der Waals surface area contributed by atoms with Gasteiger partial charge in [0.05, 0.1) is 10.5 Å². The Bertz CT molecular complexity index is 673. The monoisotopic (exact) mass is 288 g/mol. The molecule has 2 rings (SSSR count). The standard InChI is InChI=1S/C14H16N4O3/c1-4-10-13(15-3)16-8-17-14(10)21-12-9(2)6-5-7-11(12)18(19)20/h5-8H,4H2,1-3H3,(H,15,16,17). The van der Waals surface area contributed by atoms with Gasteiger partial charge in [0.25, 0.3) is 0 Å². The molecule has 0 bridgehead atoms. The average molecular weight is 288 g/mol. The summed E-state index contributed by atoms with van der Waals surface area (Å²) in [6.07, 6.45) is 2.01. The molecule has 0 aliphatic heterocycles. The van der Waals surface area contributed by atoms with Crippen LogP contribution in [0.4, 0.5) is 11.5 Å². The Kier molecular flexibility index (Phi) is 4.32. The van der Waals surface area contributed by atoms with E-state index in [4.69, 9.17) is 4.74 Å². The van der Waals surface area contributed by atoms with E-state index in [0.717, 1.165) is 5.56 Å². The van der Waals surface area contributed by atoms with Crippen molar-refractivity contribution in [1.29, 1.82) is 0 Å². The molecule has 0 aliphatic carbocycles. The smallest absolute Gasteiger partial charge is 0.311 e. The molecule has 0 unspecified atom stereocenters. The predicted molar refractivity (Wildman–Crippen MR) is 78.9 cm³/mol. The van der Waals surface area contributed by atoms with Crippen LogP contribution in [0.15, 0.2) is 24.5 Å². The molecule has 0 amide bonds. The molecular weight excluding hydrogens is 272 g/mol. The second-order valence-corrected chi connectivity index (χ2v) is 4.39. The Hall–Kier alpha value is -2.70. The van der Waals surface area contributed by atoms with E-state index in [-0.39, 0.29) is 11.4 Å². The lowest BCUT2D eigenvalue weighted by molar-refractivity contribution is -0.385. The first-order valence-electron chi connectivity index (χ1n) is 6.52. The average Bonchev–Trinajstić information content (AvgIpc) is 2.48. The highest BCUT2D eigenvalue weighted by atomic mass is 16.6. The van der Waals surface area contributed by atoms with Gasteiger partial charge in [-0.25, -0.2) is 9.97 Å². The molecule has 1 aromatic heterocycles. The summed E-state index contributed by atoms with van der Waals surface area (Å²) in [6, 6.07) is 4.79. The molecule has 0 atom stereocenters. The number of aromatic nitrogens is 2. The number of nitro groups is 1. The van der Waals surface area contributed by atoms with Crippen molar-refractivity contribution < 1.29 is 9.66 Å². The molecule has 0 saturated carbocycles. The summed E-state index contributed by atoms with van der Waals surface area (Å²) in [5, 5.41) is 14.1. The summed E-state index contributed by atoms with van der Waals surface area (Å²) >= 11 is 0. The number of aryl methyl sites for hydroxylation is 1. The number of nitrogens with zero attached hydrogens (tertiary/aromatic N) is 3. The maximum Gasteiger partial charge on any atom is 0.311 e. The fourth-order valence-electron chi connectivity index (χ4n) is 2.03. The highest BCUT2D eigenvalue weighted by Crippen LogP contribution is 2.35. The fourth-order valence-corrected chi connectivity index (χ4v) is 2.03. The van der Waals surface area contributed by atoms with E-state index in [1.54, 1.807) is 26.1 Å². The van der Waals surface area contributed by atoms with Gasteiger partial charge in [0, 0.05) is 13.1 Å². The number of para-hydroxylation sites is 1. The van der Waals surface area contributed by atoms with Gasteiger partial charge >= 0.3 is 5.69 Å². The molecule has 1 N–H and O–H groups in total. The Morgan fingerprint density at radius 2 is 2.14 bits per heavy atom. The van der Waals surface area contributed by atoms with Gasteiger partial charge in [-0.05, 0) is 18.9 Å². The molecule has 2 aromatic rings. The maximum absolute atomic E-state index is 11.1. The number of nitrogens with one attached hydrogen (secondary N) is 1. The maximum atomic E-state index is 11.1. The van der Waals surface area contributed by atoms with Gasteiger partial charge in [0.1, 0.15) is 12.1 Å². The van der Waals surface area contributed by atoms with Crippen LogP contribution in [-0.2, 0) is 6.42 Å². The number of hydrogen-bond acceptors (Lipinski definition) is 6. The van der Waals surface area contributed by atoms with Gasteiger partial charge in [0.2, 0.25) is 11.6 Å². The molecule has 110 valence electrons. The van der Waals surface area contributed by atoms with Crippen LogP contribution in [0.3, 0.4) is 0 Å². The van der Waals surface area contributed by atoms with Crippen molar-refractivity contribution in [3.8, 4) is 11.6 Å². The van der Waals surface area contributed by atoms with Crippen molar-refractivity contribution in [3.63, 3.8) is 0 Å². The Balaban J connectivity index is 2.51. The van der Waals surface area contributed by atoms with E-state index in [9.17, 15) is 10.1 Å². The lowest BCUT2D eigenvalue weighted by Gasteiger charge is -2.13. The SMILES string of the molecule is CCc1c(NC)ncnc1Oc1c(C)cccc1[N+](=O)[O-]. The predicted octanol–water partition coefficient (Wildman–Crippen LogP) is 3.09. The third-order valence-corrected chi connectivity index (χ3v) is 3.08. The van der Waals surface area contributed by atoms with Crippen LogP contribution >= 0.6 is 0 Å². The summed E-state index contributed by atoms with van der Waals surface area (Å²) in [7, 11) is 1.75.